The Morgan fingerprint density at radius 3 is 1.44 bits per heavy atom. The highest BCUT2D eigenvalue weighted by atomic mass is 16.5. The molecule has 0 aromatic rings. The standard InChI is InChI=1S/C12H18N2O4/c15-11-9(1-7-17-11)13-3-5-14(6-4-13)10-2-8-18-12(10)16/h9-10H,1-8H2. The van der Waals surface area contributed by atoms with Gasteiger partial charge in [-0.25, -0.2) is 0 Å². The molecule has 3 saturated heterocycles. The first-order valence-electron chi connectivity index (χ1n) is 6.57. The van der Waals surface area contributed by atoms with Gasteiger partial charge in [0.25, 0.3) is 0 Å². The van der Waals surface area contributed by atoms with Gasteiger partial charge in [-0.15, -0.1) is 0 Å². The van der Waals surface area contributed by atoms with Crippen molar-refractivity contribution in [2.45, 2.75) is 24.9 Å². The summed E-state index contributed by atoms with van der Waals surface area (Å²) in [4.78, 5) is 27.4. The highest BCUT2D eigenvalue weighted by Gasteiger charge is 2.38. The average molecular weight is 254 g/mol. The fourth-order valence-electron chi connectivity index (χ4n) is 2.99. The summed E-state index contributed by atoms with van der Waals surface area (Å²) in [6.45, 7) is 4.37. The van der Waals surface area contributed by atoms with Crippen LogP contribution in [0.15, 0.2) is 0 Å². The van der Waals surface area contributed by atoms with Gasteiger partial charge in [-0.05, 0) is 0 Å². The van der Waals surface area contributed by atoms with Crippen LogP contribution in [0.3, 0.4) is 0 Å². The Hall–Kier alpha value is -1.14. The Balaban J connectivity index is 1.54. The molecule has 0 radical (unpaired) electrons. The number of rotatable bonds is 2. The van der Waals surface area contributed by atoms with E-state index in [-0.39, 0.29) is 24.0 Å². The number of ether oxygens (including phenoxy) is 2. The molecule has 18 heavy (non-hydrogen) atoms. The molecule has 0 bridgehead atoms. The van der Waals surface area contributed by atoms with Crippen molar-refractivity contribution in [3.05, 3.63) is 0 Å². The third kappa shape index (κ3) is 2.10. The van der Waals surface area contributed by atoms with Crippen molar-refractivity contribution in [3.63, 3.8) is 0 Å². The van der Waals surface area contributed by atoms with Gasteiger partial charge in [-0.3, -0.25) is 19.4 Å². The second kappa shape index (κ2) is 4.85. The van der Waals surface area contributed by atoms with E-state index in [0.29, 0.717) is 13.2 Å². The fourth-order valence-corrected chi connectivity index (χ4v) is 2.99. The molecule has 3 rings (SSSR count). The van der Waals surface area contributed by atoms with Crippen LogP contribution in [0.5, 0.6) is 0 Å². The number of esters is 2. The number of carbonyl (C=O) groups excluding carboxylic acids is 2. The molecule has 0 aromatic heterocycles. The van der Waals surface area contributed by atoms with E-state index < -0.39 is 0 Å². The zero-order valence-electron chi connectivity index (χ0n) is 10.3. The number of carbonyl (C=O) groups is 2. The van der Waals surface area contributed by atoms with Gasteiger partial charge in [0.15, 0.2) is 0 Å². The Morgan fingerprint density at radius 2 is 1.17 bits per heavy atom. The number of cyclic esters (lactones) is 2. The van der Waals surface area contributed by atoms with Crippen molar-refractivity contribution >= 4 is 11.9 Å². The predicted molar refractivity (Wildman–Crippen MR) is 61.9 cm³/mol. The molecule has 0 amide bonds. The normalized spacial score (nSPS) is 34.7. The second-order valence-electron chi connectivity index (χ2n) is 5.02. The molecule has 2 atom stereocenters. The molecule has 3 aliphatic heterocycles. The van der Waals surface area contributed by atoms with Crippen molar-refractivity contribution in [1.29, 1.82) is 0 Å². The topological polar surface area (TPSA) is 59.1 Å². The summed E-state index contributed by atoms with van der Waals surface area (Å²) in [5.41, 5.74) is 0. The molecule has 0 aliphatic carbocycles. The first kappa shape index (κ1) is 11.9. The van der Waals surface area contributed by atoms with E-state index in [1.165, 1.54) is 0 Å². The molecule has 3 heterocycles. The number of piperazine rings is 1. The lowest BCUT2D eigenvalue weighted by Crippen LogP contribution is -2.55. The van der Waals surface area contributed by atoms with Crippen LogP contribution in [0, 0.1) is 0 Å². The van der Waals surface area contributed by atoms with Crippen LogP contribution in [0.1, 0.15) is 12.8 Å². The van der Waals surface area contributed by atoms with Gasteiger partial charge in [-0.2, -0.15) is 0 Å². The third-order valence-electron chi connectivity index (χ3n) is 4.05. The summed E-state index contributed by atoms with van der Waals surface area (Å²) in [7, 11) is 0. The molecule has 3 fully saturated rings. The predicted octanol–water partition coefficient (Wildman–Crippen LogP) is -0.765. The molecule has 0 N–H and O–H groups in total. The maximum absolute atomic E-state index is 11.5. The third-order valence-corrected chi connectivity index (χ3v) is 4.05. The maximum Gasteiger partial charge on any atom is 0.323 e. The molecule has 0 aromatic carbocycles. The van der Waals surface area contributed by atoms with Gasteiger partial charge < -0.3 is 9.47 Å². The molecule has 0 saturated carbocycles. The Labute approximate surface area is 106 Å². The van der Waals surface area contributed by atoms with Gasteiger partial charge >= 0.3 is 11.9 Å². The Kier molecular flexibility index (Phi) is 3.22. The smallest absolute Gasteiger partial charge is 0.323 e. The van der Waals surface area contributed by atoms with Crippen LogP contribution in [-0.2, 0) is 19.1 Å². The van der Waals surface area contributed by atoms with Crippen LogP contribution in [0.25, 0.3) is 0 Å². The minimum absolute atomic E-state index is 0.0670. The molecule has 3 aliphatic rings. The molecule has 0 spiro atoms. The van der Waals surface area contributed by atoms with Gasteiger partial charge in [-0.1, -0.05) is 0 Å². The summed E-state index contributed by atoms with van der Waals surface area (Å²) < 4.78 is 9.99. The zero-order chi connectivity index (χ0) is 12.5. The quantitative estimate of drug-likeness (QED) is 0.603. The maximum atomic E-state index is 11.5. The lowest BCUT2D eigenvalue weighted by Gasteiger charge is -2.38. The minimum atomic E-state index is -0.0938. The molecular weight excluding hydrogens is 236 g/mol. The number of nitrogens with zero attached hydrogens (tertiary/aromatic N) is 2. The largest absolute Gasteiger partial charge is 0.464 e. The summed E-state index contributed by atoms with van der Waals surface area (Å²) in [6.07, 6.45) is 1.59. The van der Waals surface area contributed by atoms with Crippen molar-refractivity contribution in [2.24, 2.45) is 0 Å². The lowest BCUT2D eigenvalue weighted by molar-refractivity contribution is -0.145. The van der Waals surface area contributed by atoms with Crippen LogP contribution in [0.2, 0.25) is 0 Å². The van der Waals surface area contributed by atoms with Crippen molar-refractivity contribution < 1.29 is 19.1 Å². The monoisotopic (exact) mass is 254 g/mol. The molecule has 100 valence electrons. The second-order valence-corrected chi connectivity index (χ2v) is 5.02. The summed E-state index contributed by atoms with van der Waals surface area (Å²) in [5.74, 6) is -0.188. The summed E-state index contributed by atoms with van der Waals surface area (Å²) in [5, 5.41) is 0. The molecule has 2 unspecified atom stereocenters. The highest BCUT2D eigenvalue weighted by Crippen LogP contribution is 2.20. The average Bonchev–Trinajstić information content (AvgIpc) is 2.98. The van der Waals surface area contributed by atoms with Crippen LogP contribution >= 0.6 is 0 Å². The van der Waals surface area contributed by atoms with E-state index >= 15 is 0 Å². The van der Waals surface area contributed by atoms with E-state index in [4.69, 9.17) is 9.47 Å². The van der Waals surface area contributed by atoms with Gasteiger partial charge in [0, 0.05) is 39.0 Å². The Morgan fingerprint density at radius 1 is 0.778 bits per heavy atom. The first-order chi connectivity index (χ1) is 8.75. The van der Waals surface area contributed by atoms with E-state index in [9.17, 15) is 9.59 Å². The van der Waals surface area contributed by atoms with Crippen LogP contribution in [0.4, 0.5) is 0 Å². The van der Waals surface area contributed by atoms with Crippen molar-refractivity contribution in [2.75, 3.05) is 39.4 Å². The fraction of sp³-hybridized carbons (Fsp3) is 0.833. The first-order valence-corrected chi connectivity index (χ1v) is 6.57. The molecular formula is C12H18N2O4. The van der Waals surface area contributed by atoms with Gasteiger partial charge in [0.1, 0.15) is 12.1 Å². The van der Waals surface area contributed by atoms with Crippen molar-refractivity contribution in [3.8, 4) is 0 Å². The van der Waals surface area contributed by atoms with E-state index in [0.717, 1.165) is 39.0 Å². The lowest BCUT2D eigenvalue weighted by atomic mass is 10.1. The Bertz CT molecular complexity index is 318. The number of hydrogen-bond acceptors (Lipinski definition) is 6. The highest BCUT2D eigenvalue weighted by molar-refractivity contribution is 5.78. The molecule has 6 nitrogen and oxygen atoms in total. The van der Waals surface area contributed by atoms with Crippen LogP contribution < -0.4 is 0 Å². The summed E-state index contributed by atoms with van der Waals surface area (Å²) in [6, 6.07) is -0.134. The van der Waals surface area contributed by atoms with Gasteiger partial charge in [0.05, 0.1) is 13.2 Å². The van der Waals surface area contributed by atoms with Gasteiger partial charge in [0.2, 0.25) is 0 Å². The van der Waals surface area contributed by atoms with Crippen molar-refractivity contribution in [1.82, 2.24) is 9.80 Å². The van der Waals surface area contributed by atoms with E-state index in [2.05, 4.69) is 9.80 Å². The number of hydrogen-bond donors (Lipinski definition) is 0. The van der Waals surface area contributed by atoms with Crippen LogP contribution in [-0.4, -0.2) is 73.2 Å². The molecule has 6 heteroatoms. The summed E-state index contributed by atoms with van der Waals surface area (Å²) >= 11 is 0. The van der Waals surface area contributed by atoms with E-state index in [1.54, 1.807) is 0 Å². The minimum Gasteiger partial charge on any atom is -0.464 e. The SMILES string of the molecule is O=C1OCCC1N1CCN(C2CCOC2=O)CC1. The van der Waals surface area contributed by atoms with E-state index in [1.807, 2.05) is 0 Å². The zero-order valence-corrected chi connectivity index (χ0v) is 10.3.